The Morgan fingerprint density at radius 3 is 2.38 bits per heavy atom. The molecule has 0 amide bonds. The van der Waals surface area contributed by atoms with Crippen LogP contribution in [0.25, 0.3) is 11.3 Å². The van der Waals surface area contributed by atoms with Crippen LogP contribution in [0.2, 0.25) is 0 Å². The van der Waals surface area contributed by atoms with E-state index in [0.29, 0.717) is 0 Å². The lowest BCUT2D eigenvalue weighted by Gasteiger charge is -2.05. The van der Waals surface area contributed by atoms with E-state index >= 15 is 0 Å². The molecule has 0 spiro atoms. The van der Waals surface area contributed by atoms with Crippen molar-refractivity contribution in [3.63, 3.8) is 0 Å². The molecule has 122 valence electrons. The number of hydrogen-bond donors (Lipinski definition) is 1. The van der Waals surface area contributed by atoms with Crippen molar-refractivity contribution in [3.8, 4) is 17.0 Å². The van der Waals surface area contributed by atoms with Gasteiger partial charge in [-0.25, -0.2) is 4.98 Å². The van der Waals surface area contributed by atoms with E-state index < -0.39 is 5.97 Å². The Morgan fingerprint density at radius 2 is 1.79 bits per heavy atom. The molecular formula is C18H15N2O3S-. The van der Waals surface area contributed by atoms with Crippen LogP contribution in [0.4, 0.5) is 10.8 Å². The number of rotatable bonds is 5. The number of nitrogens with zero attached hydrogens (tertiary/aromatic N) is 1. The van der Waals surface area contributed by atoms with Gasteiger partial charge < -0.3 is 20.0 Å². The molecule has 0 atom stereocenters. The van der Waals surface area contributed by atoms with Crippen molar-refractivity contribution < 1.29 is 14.6 Å². The van der Waals surface area contributed by atoms with Gasteiger partial charge in [-0.05, 0) is 48.9 Å². The quantitative estimate of drug-likeness (QED) is 0.772. The normalized spacial score (nSPS) is 10.4. The zero-order chi connectivity index (χ0) is 17.1. The van der Waals surface area contributed by atoms with Crippen molar-refractivity contribution in [3.05, 3.63) is 59.0 Å². The number of carbonyl (C=O) groups is 1. The van der Waals surface area contributed by atoms with Crippen LogP contribution in [0.1, 0.15) is 15.2 Å². The first-order valence-corrected chi connectivity index (χ1v) is 8.09. The summed E-state index contributed by atoms with van der Waals surface area (Å²) in [6.07, 6.45) is 0. The Balaban J connectivity index is 1.81. The van der Waals surface area contributed by atoms with E-state index in [1.165, 1.54) is 12.1 Å². The molecule has 3 aromatic rings. The second kappa shape index (κ2) is 6.72. The fraction of sp³-hybridized carbons (Fsp3) is 0.111. The molecule has 1 N–H and O–H groups in total. The van der Waals surface area contributed by atoms with Crippen molar-refractivity contribution in [1.82, 2.24) is 4.98 Å². The third-order valence-corrected chi connectivity index (χ3v) is 4.42. The maximum absolute atomic E-state index is 10.8. The van der Waals surface area contributed by atoms with Gasteiger partial charge in [0, 0.05) is 16.1 Å². The first-order valence-electron chi connectivity index (χ1n) is 7.27. The van der Waals surface area contributed by atoms with Crippen LogP contribution >= 0.6 is 11.3 Å². The van der Waals surface area contributed by atoms with Gasteiger partial charge in [0.25, 0.3) is 0 Å². The van der Waals surface area contributed by atoms with Crippen molar-refractivity contribution >= 4 is 28.1 Å². The Morgan fingerprint density at radius 1 is 1.12 bits per heavy atom. The van der Waals surface area contributed by atoms with Crippen LogP contribution in [-0.2, 0) is 0 Å². The van der Waals surface area contributed by atoms with E-state index in [9.17, 15) is 9.90 Å². The first-order chi connectivity index (χ1) is 11.6. The molecular weight excluding hydrogens is 324 g/mol. The van der Waals surface area contributed by atoms with Crippen molar-refractivity contribution in [1.29, 1.82) is 0 Å². The Hall–Kier alpha value is -2.86. The molecule has 1 aromatic heterocycles. The smallest absolute Gasteiger partial charge is 0.187 e. The zero-order valence-electron chi connectivity index (χ0n) is 13.2. The lowest BCUT2D eigenvalue weighted by Crippen LogP contribution is -2.21. The molecule has 0 fully saturated rings. The van der Waals surface area contributed by atoms with E-state index in [2.05, 4.69) is 10.3 Å². The van der Waals surface area contributed by atoms with Crippen LogP contribution in [0.15, 0.2) is 48.5 Å². The number of carboxylic acids is 1. The molecule has 0 saturated carbocycles. The maximum atomic E-state index is 10.8. The highest BCUT2D eigenvalue weighted by Gasteiger charge is 2.10. The molecule has 3 rings (SSSR count). The second-order valence-electron chi connectivity index (χ2n) is 5.14. The summed E-state index contributed by atoms with van der Waals surface area (Å²) in [6.45, 7) is 2.02. The summed E-state index contributed by atoms with van der Waals surface area (Å²) in [6, 6.07) is 14.1. The number of benzene rings is 2. The Bertz CT molecular complexity index is 855. The fourth-order valence-electron chi connectivity index (χ4n) is 2.28. The molecule has 6 heteroatoms. The molecule has 1 heterocycles. The number of carbonyl (C=O) groups excluding carboxylic acids is 1. The van der Waals surface area contributed by atoms with Crippen LogP contribution in [0.3, 0.4) is 0 Å². The van der Waals surface area contributed by atoms with Gasteiger partial charge >= 0.3 is 0 Å². The van der Waals surface area contributed by atoms with Gasteiger partial charge in [-0.3, -0.25) is 0 Å². The van der Waals surface area contributed by atoms with Gasteiger partial charge in [-0.1, -0.05) is 12.1 Å². The summed E-state index contributed by atoms with van der Waals surface area (Å²) in [5.74, 6) is -0.383. The minimum atomic E-state index is -1.19. The number of nitrogens with one attached hydrogen (secondary N) is 1. The molecule has 0 unspecified atom stereocenters. The summed E-state index contributed by atoms with van der Waals surface area (Å²) < 4.78 is 5.17. The summed E-state index contributed by atoms with van der Waals surface area (Å²) >= 11 is 1.54. The largest absolute Gasteiger partial charge is 0.545 e. The van der Waals surface area contributed by atoms with E-state index in [0.717, 1.165) is 32.7 Å². The maximum Gasteiger partial charge on any atom is 0.187 e. The first kappa shape index (κ1) is 16.0. The van der Waals surface area contributed by atoms with Crippen molar-refractivity contribution in [2.75, 3.05) is 12.4 Å². The average Bonchev–Trinajstić information content (AvgIpc) is 2.95. The highest BCUT2D eigenvalue weighted by molar-refractivity contribution is 7.16. The number of carboxylic acid groups (broad SMARTS) is 1. The average molecular weight is 339 g/mol. The number of thiazole rings is 1. The summed E-state index contributed by atoms with van der Waals surface area (Å²) in [4.78, 5) is 16.5. The van der Waals surface area contributed by atoms with Gasteiger partial charge in [-0.15, -0.1) is 11.3 Å². The second-order valence-corrected chi connectivity index (χ2v) is 6.35. The van der Waals surface area contributed by atoms with E-state index in [1.807, 2.05) is 31.2 Å². The molecule has 0 radical (unpaired) electrons. The van der Waals surface area contributed by atoms with Gasteiger partial charge in [0.05, 0.1) is 18.8 Å². The number of hydrogen-bond acceptors (Lipinski definition) is 6. The molecule has 2 aromatic carbocycles. The van der Waals surface area contributed by atoms with E-state index in [1.54, 1.807) is 30.6 Å². The van der Waals surface area contributed by atoms with Gasteiger partial charge in [0.1, 0.15) is 5.75 Å². The van der Waals surface area contributed by atoms with E-state index in [-0.39, 0.29) is 5.56 Å². The summed E-state index contributed by atoms with van der Waals surface area (Å²) in [7, 11) is 1.64. The summed E-state index contributed by atoms with van der Waals surface area (Å²) in [5.41, 5.74) is 2.85. The monoisotopic (exact) mass is 339 g/mol. The minimum Gasteiger partial charge on any atom is -0.545 e. The Labute approximate surface area is 143 Å². The minimum absolute atomic E-state index is 0.148. The number of aromatic nitrogens is 1. The lowest BCUT2D eigenvalue weighted by molar-refractivity contribution is -0.255. The van der Waals surface area contributed by atoms with E-state index in [4.69, 9.17) is 4.74 Å². The highest BCUT2D eigenvalue weighted by Crippen LogP contribution is 2.32. The molecule has 0 aliphatic carbocycles. The summed E-state index contributed by atoms with van der Waals surface area (Å²) in [5, 5.41) is 14.7. The lowest BCUT2D eigenvalue weighted by atomic mass is 10.1. The SMILES string of the molecule is COc1ccc(-c2nc(Nc3ccc(C(=O)[O-])cc3)sc2C)cc1. The Kier molecular flexibility index (Phi) is 4.48. The standard InChI is InChI=1S/C18H16N2O3S/c1-11-16(12-5-9-15(23-2)10-6-12)20-18(24-11)19-14-7-3-13(4-8-14)17(21)22/h3-10H,1-2H3,(H,19,20)(H,21,22)/p-1. The zero-order valence-corrected chi connectivity index (χ0v) is 14.0. The molecule has 0 aliphatic heterocycles. The number of aryl methyl sites for hydroxylation is 1. The van der Waals surface area contributed by atoms with Crippen LogP contribution in [0, 0.1) is 6.92 Å². The molecule has 5 nitrogen and oxygen atoms in total. The van der Waals surface area contributed by atoms with Gasteiger partial charge in [0.2, 0.25) is 0 Å². The van der Waals surface area contributed by atoms with Crippen LogP contribution in [-0.4, -0.2) is 18.1 Å². The molecule has 24 heavy (non-hydrogen) atoms. The third-order valence-electron chi connectivity index (χ3n) is 3.53. The predicted molar refractivity (Wildman–Crippen MR) is 92.9 cm³/mol. The number of ether oxygens (including phenoxy) is 1. The fourth-order valence-corrected chi connectivity index (χ4v) is 3.14. The number of anilines is 2. The van der Waals surface area contributed by atoms with Crippen LogP contribution < -0.4 is 15.2 Å². The number of aromatic carboxylic acids is 1. The molecule has 0 bridgehead atoms. The number of methoxy groups -OCH3 is 1. The van der Waals surface area contributed by atoms with Gasteiger partial charge in [-0.2, -0.15) is 0 Å². The van der Waals surface area contributed by atoms with Crippen molar-refractivity contribution in [2.45, 2.75) is 6.92 Å². The molecule has 0 aliphatic rings. The third kappa shape index (κ3) is 3.38. The van der Waals surface area contributed by atoms with Gasteiger partial charge in [0.15, 0.2) is 5.13 Å². The van der Waals surface area contributed by atoms with Crippen molar-refractivity contribution in [2.24, 2.45) is 0 Å². The predicted octanol–water partition coefficient (Wildman–Crippen LogP) is 3.23. The molecule has 0 saturated heterocycles. The topological polar surface area (TPSA) is 74.3 Å². The van der Waals surface area contributed by atoms with Crippen LogP contribution in [0.5, 0.6) is 5.75 Å². The highest BCUT2D eigenvalue weighted by atomic mass is 32.1.